The van der Waals surface area contributed by atoms with Gasteiger partial charge in [0.1, 0.15) is 17.9 Å². The van der Waals surface area contributed by atoms with Crippen LogP contribution in [0.2, 0.25) is 0 Å². The fraction of sp³-hybridized carbons (Fsp3) is 0.357. The lowest BCUT2D eigenvalue weighted by atomic mass is 10.2. The number of hydrogen-bond acceptors (Lipinski definition) is 4. The van der Waals surface area contributed by atoms with Crippen molar-refractivity contribution in [2.75, 3.05) is 18.5 Å². The highest BCUT2D eigenvalue weighted by molar-refractivity contribution is 5.91. The van der Waals surface area contributed by atoms with Gasteiger partial charge in [0.2, 0.25) is 0 Å². The maximum absolute atomic E-state index is 12.8. The molecule has 0 aliphatic carbocycles. The van der Waals surface area contributed by atoms with Crippen molar-refractivity contribution >= 4 is 11.7 Å². The molecule has 1 aromatic heterocycles. The van der Waals surface area contributed by atoms with Gasteiger partial charge in [-0.1, -0.05) is 0 Å². The molecule has 0 spiro atoms. The number of benzene rings is 1. The fourth-order valence-electron chi connectivity index (χ4n) is 1.90. The van der Waals surface area contributed by atoms with Crippen LogP contribution in [-0.2, 0) is 12.6 Å². The smallest absolute Gasteiger partial charge is 0.416 e. The molecule has 0 saturated heterocycles. The van der Waals surface area contributed by atoms with Crippen LogP contribution in [0, 0.1) is 0 Å². The zero-order valence-electron chi connectivity index (χ0n) is 12.8. The summed E-state index contributed by atoms with van der Waals surface area (Å²) in [7, 11) is 0. The monoisotopic (exact) mass is 343 g/mol. The summed E-state index contributed by atoms with van der Waals surface area (Å²) in [6, 6.07) is 2.27. The number of carbonyl (C=O) groups excluding carboxylic acids is 1. The molecule has 0 atom stereocenters. The Labute approximate surface area is 135 Å². The van der Waals surface area contributed by atoms with E-state index in [1.165, 1.54) is 12.4 Å². The first-order valence-corrected chi connectivity index (χ1v) is 7.13. The van der Waals surface area contributed by atoms with Gasteiger partial charge in [-0.25, -0.2) is 9.78 Å². The van der Waals surface area contributed by atoms with Crippen LogP contribution in [0.3, 0.4) is 0 Å². The Morgan fingerprint density at radius 3 is 2.79 bits per heavy atom. The summed E-state index contributed by atoms with van der Waals surface area (Å²) >= 11 is 0. The zero-order valence-corrected chi connectivity index (χ0v) is 12.8. The van der Waals surface area contributed by atoms with Crippen molar-refractivity contribution in [2.24, 2.45) is 0 Å². The number of nitrogens with one attached hydrogen (secondary N) is 3. The number of ether oxygens (including phenoxy) is 1. The Hall–Kier alpha value is -2.78. The molecule has 1 aromatic carbocycles. The summed E-state index contributed by atoms with van der Waals surface area (Å²) in [5.74, 6) is 0.750. The van der Waals surface area contributed by atoms with E-state index in [1.807, 2.05) is 0 Å². The van der Waals surface area contributed by atoms with Gasteiger partial charge in [-0.05, 0) is 25.1 Å². The van der Waals surface area contributed by atoms with E-state index in [9.17, 15) is 18.0 Å². The van der Waals surface area contributed by atoms with Crippen molar-refractivity contribution in [1.29, 1.82) is 0 Å². The van der Waals surface area contributed by atoms with Gasteiger partial charge in [0.05, 0.1) is 17.9 Å². The van der Waals surface area contributed by atoms with Crippen molar-refractivity contribution < 1.29 is 22.7 Å². The largest absolute Gasteiger partial charge is 0.492 e. The van der Waals surface area contributed by atoms with Gasteiger partial charge in [0.25, 0.3) is 0 Å². The summed E-state index contributed by atoms with van der Waals surface area (Å²) in [5.41, 5.74) is -0.924. The number of nitrogens with zero attached hydrogens (tertiary/aromatic N) is 2. The van der Waals surface area contributed by atoms with Crippen LogP contribution in [0.25, 0.3) is 0 Å². The first-order valence-electron chi connectivity index (χ1n) is 7.13. The predicted molar refractivity (Wildman–Crippen MR) is 79.7 cm³/mol. The van der Waals surface area contributed by atoms with Crippen molar-refractivity contribution in [2.45, 2.75) is 19.5 Å². The van der Waals surface area contributed by atoms with Gasteiger partial charge >= 0.3 is 12.2 Å². The minimum absolute atomic E-state index is 0.0520. The molecule has 2 rings (SSSR count). The average molecular weight is 343 g/mol. The highest BCUT2D eigenvalue weighted by Crippen LogP contribution is 2.35. The molecule has 1 heterocycles. The van der Waals surface area contributed by atoms with Crippen LogP contribution in [0.5, 0.6) is 5.75 Å². The lowest BCUT2D eigenvalue weighted by Gasteiger charge is -2.15. The molecule has 0 radical (unpaired) electrons. The molecule has 10 heteroatoms. The third-order valence-corrected chi connectivity index (χ3v) is 2.97. The number of hydrogen-bond donors (Lipinski definition) is 3. The first kappa shape index (κ1) is 17.6. The molecule has 0 unspecified atom stereocenters. The molecule has 2 amide bonds. The third-order valence-electron chi connectivity index (χ3n) is 2.97. The Morgan fingerprint density at radius 2 is 2.17 bits per heavy atom. The molecule has 7 nitrogen and oxygen atoms in total. The van der Waals surface area contributed by atoms with Crippen LogP contribution in [0.1, 0.15) is 18.3 Å². The Balaban J connectivity index is 2.01. The molecule has 0 aliphatic heterocycles. The molecular formula is C14H16F3N5O2. The van der Waals surface area contributed by atoms with Crippen molar-refractivity contribution in [3.05, 3.63) is 35.9 Å². The van der Waals surface area contributed by atoms with Crippen molar-refractivity contribution in [3.8, 4) is 5.75 Å². The van der Waals surface area contributed by atoms with Gasteiger partial charge in [-0.15, -0.1) is 0 Å². The van der Waals surface area contributed by atoms with Gasteiger partial charge in [-0.3, -0.25) is 5.10 Å². The second-order valence-corrected chi connectivity index (χ2v) is 4.70. The van der Waals surface area contributed by atoms with E-state index in [0.717, 1.165) is 12.1 Å². The number of carbonyl (C=O) groups is 1. The van der Waals surface area contributed by atoms with E-state index in [1.54, 1.807) is 6.92 Å². The summed E-state index contributed by atoms with van der Waals surface area (Å²) in [6.07, 6.45) is -2.76. The second-order valence-electron chi connectivity index (χ2n) is 4.70. The highest BCUT2D eigenvalue weighted by Gasteiger charge is 2.31. The van der Waals surface area contributed by atoms with Crippen molar-refractivity contribution in [3.63, 3.8) is 0 Å². The Bertz CT molecular complexity index is 674. The summed E-state index contributed by atoms with van der Waals surface area (Å²) in [4.78, 5) is 15.7. The molecular weight excluding hydrogens is 327 g/mol. The van der Waals surface area contributed by atoms with E-state index >= 15 is 0 Å². The standard InChI is InChI=1S/C14H16F3N5O2/c1-2-24-11-4-3-9(14(15,16)17)7-10(11)21-13(23)18-6-5-12-19-8-20-22-12/h3-4,7-8H,2,5-6H2,1H3,(H2,18,21,23)(H,19,20,22). The number of alkyl halides is 3. The number of rotatable bonds is 6. The Kier molecular flexibility index (Phi) is 5.61. The molecule has 0 saturated carbocycles. The number of H-pyrrole nitrogens is 1. The van der Waals surface area contributed by atoms with Crippen molar-refractivity contribution in [1.82, 2.24) is 20.5 Å². The topological polar surface area (TPSA) is 91.9 Å². The van der Waals surface area contributed by atoms with Gasteiger partial charge in [0.15, 0.2) is 0 Å². The second kappa shape index (κ2) is 7.66. The third kappa shape index (κ3) is 4.86. The maximum Gasteiger partial charge on any atom is 0.416 e. The SMILES string of the molecule is CCOc1ccc(C(F)(F)F)cc1NC(=O)NCCc1ncn[nH]1. The van der Waals surface area contributed by atoms with E-state index < -0.39 is 17.8 Å². The van der Waals surface area contributed by atoms with Crippen LogP contribution < -0.4 is 15.4 Å². The van der Waals surface area contributed by atoms with Crippen LogP contribution in [-0.4, -0.2) is 34.4 Å². The fourth-order valence-corrected chi connectivity index (χ4v) is 1.90. The maximum atomic E-state index is 12.8. The van der Waals surface area contributed by atoms with Gasteiger partial charge in [0, 0.05) is 13.0 Å². The predicted octanol–water partition coefficient (Wildman–Crippen LogP) is 2.59. The molecule has 2 aromatic rings. The van der Waals surface area contributed by atoms with E-state index in [0.29, 0.717) is 12.2 Å². The van der Waals surface area contributed by atoms with Crippen LogP contribution in [0.4, 0.5) is 23.7 Å². The molecule has 24 heavy (non-hydrogen) atoms. The summed E-state index contributed by atoms with van der Waals surface area (Å²) in [6.45, 7) is 2.19. The molecule has 0 aliphatic rings. The number of amides is 2. The highest BCUT2D eigenvalue weighted by atomic mass is 19.4. The van der Waals surface area contributed by atoms with E-state index in [-0.39, 0.29) is 24.6 Å². The first-order chi connectivity index (χ1) is 11.4. The van der Waals surface area contributed by atoms with Crippen LogP contribution >= 0.6 is 0 Å². The lowest BCUT2D eigenvalue weighted by Crippen LogP contribution is -2.31. The summed E-state index contributed by atoms with van der Waals surface area (Å²) < 4.78 is 43.6. The normalized spacial score (nSPS) is 11.2. The minimum Gasteiger partial charge on any atom is -0.492 e. The number of urea groups is 1. The molecule has 0 bridgehead atoms. The number of anilines is 1. The number of aromatic amines is 1. The average Bonchev–Trinajstić information content (AvgIpc) is 3.01. The quantitative estimate of drug-likeness (QED) is 0.752. The number of halogens is 3. The molecule has 0 fully saturated rings. The number of aromatic nitrogens is 3. The van der Waals surface area contributed by atoms with E-state index in [4.69, 9.17) is 4.74 Å². The molecule has 130 valence electrons. The van der Waals surface area contributed by atoms with E-state index in [2.05, 4.69) is 25.8 Å². The van der Waals surface area contributed by atoms with Gasteiger partial charge in [-0.2, -0.15) is 18.3 Å². The summed E-state index contributed by atoms with van der Waals surface area (Å²) in [5, 5.41) is 11.2. The Morgan fingerprint density at radius 1 is 1.38 bits per heavy atom. The lowest BCUT2D eigenvalue weighted by molar-refractivity contribution is -0.137. The van der Waals surface area contributed by atoms with Gasteiger partial charge < -0.3 is 15.4 Å². The zero-order chi connectivity index (χ0) is 17.6. The molecule has 3 N–H and O–H groups in total. The van der Waals surface area contributed by atoms with Crippen LogP contribution in [0.15, 0.2) is 24.5 Å². The minimum atomic E-state index is -4.51.